The third-order valence-corrected chi connectivity index (χ3v) is 3.80. The van der Waals surface area contributed by atoms with Crippen LogP contribution >= 0.6 is 15.9 Å². The predicted molar refractivity (Wildman–Crippen MR) is 75.7 cm³/mol. The van der Waals surface area contributed by atoms with Crippen LogP contribution in [0.5, 0.6) is 0 Å². The van der Waals surface area contributed by atoms with E-state index >= 15 is 0 Å². The van der Waals surface area contributed by atoms with Gasteiger partial charge in [0.05, 0.1) is 18.3 Å². The summed E-state index contributed by atoms with van der Waals surface area (Å²) in [7, 11) is 0. The van der Waals surface area contributed by atoms with Gasteiger partial charge in [0, 0.05) is 17.1 Å². The maximum atomic E-state index is 9.88. The van der Waals surface area contributed by atoms with E-state index in [1.54, 1.807) is 13.8 Å². The van der Waals surface area contributed by atoms with Gasteiger partial charge < -0.3 is 15.2 Å². The van der Waals surface area contributed by atoms with Crippen molar-refractivity contribution in [3.05, 3.63) is 34.3 Å². The molecule has 2 rings (SSSR count). The van der Waals surface area contributed by atoms with E-state index in [-0.39, 0.29) is 6.10 Å². The normalized spacial score (nSPS) is 25.1. The fraction of sp³-hybridized carbons (Fsp3) is 0.571. The highest BCUT2D eigenvalue weighted by molar-refractivity contribution is 9.10. The maximum Gasteiger partial charge on any atom is 0.0981 e. The minimum Gasteiger partial charge on any atom is -0.388 e. The van der Waals surface area contributed by atoms with Crippen molar-refractivity contribution in [3.8, 4) is 0 Å². The monoisotopic (exact) mass is 313 g/mol. The largest absolute Gasteiger partial charge is 0.388 e. The van der Waals surface area contributed by atoms with E-state index in [4.69, 9.17) is 4.74 Å². The maximum absolute atomic E-state index is 9.88. The molecule has 1 aromatic carbocycles. The van der Waals surface area contributed by atoms with E-state index in [0.717, 1.165) is 10.9 Å². The number of hydrogen-bond donors (Lipinski definition) is 2. The molecule has 0 radical (unpaired) electrons. The zero-order valence-corrected chi connectivity index (χ0v) is 12.4. The summed E-state index contributed by atoms with van der Waals surface area (Å²) in [6.07, 6.45) is 0.824. The third-order valence-electron chi connectivity index (χ3n) is 3.27. The molecule has 3 nitrogen and oxygen atoms in total. The van der Waals surface area contributed by atoms with Gasteiger partial charge in [-0.1, -0.05) is 28.1 Å². The van der Waals surface area contributed by atoms with Crippen LogP contribution in [0.15, 0.2) is 28.7 Å². The van der Waals surface area contributed by atoms with Gasteiger partial charge in [-0.2, -0.15) is 0 Å². The molecule has 1 aliphatic heterocycles. The number of benzene rings is 1. The van der Waals surface area contributed by atoms with Crippen LogP contribution in [-0.4, -0.2) is 36.0 Å². The van der Waals surface area contributed by atoms with E-state index in [2.05, 4.69) is 45.5 Å². The van der Waals surface area contributed by atoms with Gasteiger partial charge in [0.2, 0.25) is 0 Å². The Kier molecular flexibility index (Phi) is 4.43. The fourth-order valence-corrected chi connectivity index (χ4v) is 2.38. The molecular formula is C14H20BrNO2. The van der Waals surface area contributed by atoms with Crippen LogP contribution in [0.4, 0.5) is 0 Å². The van der Waals surface area contributed by atoms with Gasteiger partial charge in [-0.25, -0.2) is 0 Å². The molecule has 100 valence electrons. The minimum absolute atomic E-state index is 0.126. The lowest BCUT2D eigenvalue weighted by Gasteiger charge is -2.36. The van der Waals surface area contributed by atoms with E-state index in [1.807, 2.05) is 0 Å². The summed E-state index contributed by atoms with van der Waals surface area (Å²) >= 11 is 3.43. The molecule has 1 aromatic rings. The van der Waals surface area contributed by atoms with Crippen LogP contribution in [0, 0.1) is 0 Å². The van der Waals surface area contributed by atoms with Crippen molar-refractivity contribution in [1.82, 2.24) is 5.32 Å². The summed E-state index contributed by atoms with van der Waals surface area (Å²) in [5.74, 6) is 0. The van der Waals surface area contributed by atoms with Crippen molar-refractivity contribution in [1.29, 1.82) is 0 Å². The molecule has 1 saturated heterocycles. The topological polar surface area (TPSA) is 41.5 Å². The Morgan fingerprint density at radius 1 is 1.39 bits per heavy atom. The van der Waals surface area contributed by atoms with Crippen LogP contribution in [0.25, 0.3) is 0 Å². The summed E-state index contributed by atoms with van der Waals surface area (Å²) in [5, 5.41) is 13.3. The smallest absolute Gasteiger partial charge is 0.0981 e. The SMILES string of the molecule is CC(C)(O)[C@H]1CN[C@@H](Cc2ccc(Br)cc2)CO1. The van der Waals surface area contributed by atoms with Gasteiger partial charge in [0.1, 0.15) is 0 Å². The van der Waals surface area contributed by atoms with Crippen LogP contribution in [0.3, 0.4) is 0 Å². The lowest BCUT2D eigenvalue weighted by Crippen LogP contribution is -2.54. The van der Waals surface area contributed by atoms with Gasteiger partial charge in [0.25, 0.3) is 0 Å². The first-order valence-electron chi connectivity index (χ1n) is 6.27. The van der Waals surface area contributed by atoms with Crippen LogP contribution < -0.4 is 5.32 Å². The van der Waals surface area contributed by atoms with Crippen molar-refractivity contribution in [2.24, 2.45) is 0 Å². The van der Waals surface area contributed by atoms with Crippen molar-refractivity contribution in [2.45, 2.75) is 38.0 Å². The standard InChI is InChI=1S/C14H20BrNO2/c1-14(2,17)13-8-16-12(9-18-13)7-10-3-5-11(15)6-4-10/h3-6,12-13,16-17H,7-9H2,1-2H3/t12-,13+/m0/s1. The van der Waals surface area contributed by atoms with Gasteiger partial charge >= 0.3 is 0 Å². The number of aliphatic hydroxyl groups is 1. The highest BCUT2D eigenvalue weighted by Crippen LogP contribution is 2.17. The highest BCUT2D eigenvalue weighted by Gasteiger charge is 2.31. The number of halogens is 1. The summed E-state index contributed by atoms with van der Waals surface area (Å²) in [4.78, 5) is 0. The lowest BCUT2D eigenvalue weighted by atomic mass is 9.98. The Hall–Kier alpha value is -0.420. The molecule has 2 atom stereocenters. The average molecular weight is 314 g/mol. The molecule has 0 unspecified atom stereocenters. The molecule has 4 heteroatoms. The lowest BCUT2D eigenvalue weighted by molar-refractivity contribution is -0.109. The van der Waals surface area contributed by atoms with Gasteiger partial charge in [-0.05, 0) is 38.0 Å². The first-order valence-corrected chi connectivity index (χ1v) is 7.06. The summed E-state index contributed by atoms with van der Waals surface area (Å²) in [6.45, 7) is 4.91. The molecule has 0 amide bonds. The molecule has 0 saturated carbocycles. The molecule has 18 heavy (non-hydrogen) atoms. The molecule has 1 fully saturated rings. The summed E-state index contributed by atoms with van der Waals surface area (Å²) in [5.41, 5.74) is 0.510. The number of hydrogen-bond acceptors (Lipinski definition) is 3. The number of morpholine rings is 1. The zero-order chi connectivity index (χ0) is 13.2. The summed E-state index contributed by atoms with van der Waals surface area (Å²) < 4.78 is 6.83. The molecule has 1 heterocycles. The van der Waals surface area contributed by atoms with Crippen molar-refractivity contribution in [3.63, 3.8) is 0 Å². The van der Waals surface area contributed by atoms with Gasteiger partial charge in [0.15, 0.2) is 0 Å². The van der Waals surface area contributed by atoms with E-state index < -0.39 is 5.60 Å². The van der Waals surface area contributed by atoms with Crippen molar-refractivity contribution in [2.75, 3.05) is 13.2 Å². The summed E-state index contributed by atoms with van der Waals surface area (Å²) in [6, 6.07) is 8.67. The Labute approximate surface area is 117 Å². The third kappa shape index (κ3) is 3.79. The van der Waals surface area contributed by atoms with Crippen LogP contribution in [-0.2, 0) is 11.2 Å². The van der Waals surface area contributed by atoms with E-state index in [1.165, 1.54) is 5.56 Å². The Morgan fingerprint density at radius 2 is 2.06 bits per heavy atom. The number of ether oxygens (including phenoxy) is 1. The van der Waals surface area contributed by atoms with Gasteiger partial charge in [-0.15, -0.1) is 0 Å². The minimum atomic E-state index is -0.782. The Morgan fingerprint density at radius 3 is 2.56 bits per heavy atom. The second kappa shape index (κ2) is 5.70. The number of rotatable bonds is 3. The average Bonchev–Trinajstić information content (AvgIpc) is 2.32. The number of nitrogens with one attached hydrogen (secondary N) is 1. The van der Waals surface area contributed by atoms with Crippen LogP contribution in [0.1, 0.15) is 19.4 Å². The second-order valence-corrected chi connectivity index (χ2v) is 6.33. The molecule has 2 N–H and O–H groups in total. The molecule has 0 aromatic heterocycles. The van der Waals surface area contributed by atoms with Gasteiger partial charge in [-0.3, -0.25) is 0 Å². The first-order chi connectivity index (χ1) is 8.45. The Bertz CT molecular complexity index is 378. The fourth-order valence-electron chi connectivity index (χ4n) is 2.11. The van der Waals surface area contributed by atoms with E-state index in [0.29, 0.717) is 19.2 Å². The zero-order valence-electron chi connectivity index (χ0n) is 10.8. The molecule has 0 bridgehead atoms. The predicted octanol–water partition coefficient (Wildman–Crippen LogP) is 2.12. The first kappa shape index (κ1) is 14.0. The van der Waals surface area contributed by atoms with Crippen molar-refractivity contribution >= 4 is 15.9 Å². The second-order valence-electron chi connectivity index (χ2n) is 5.41. The molecule has 0 aliphatic carbocycles. The highest BCUT2D eigenvalue weighted by atomic mass is 79.9. The quantitative estimate of drug-likeness (QED) is 0.898. The Balaban J connectivity index is 1.85. The van der Waals surface area contributed by atoms with E-state index in [9.17, 15) is 5.11 Å². The van der Waals surface area contributed by atoms with Crippen LogP contribution in [0.2, 0.25) is 0 Å². The van der Waals surface area contributed by atoms with Crippen molar-refractivity contribution < 1.29 is 9.84 Å². The molecule has 1 aliphatic rings. The molecular weight excluding hydrogens is 294 g/mol. The molecule has 0 spiro atoms.